The molecular weight excluding hydrogens is 372 g/mol. The first kappa shape index (κ1) is 17.9. The lowest BCUT2D eigenvalue weighted by molar-refractivity contribution is 0.0954. The molecule has 1 aromatic heterocycles. The van der Waals surface area contributed by atoms with E-state index in [9.17, 15) is 9.90 Å². The average molecular weight is 391 g/mol. The number of aromatic hydroxyl groups is 1. The summed E-state index contributed by atoms with van der Waals surface area (Å²) in [5.41, 5.74) is 4.27. The van der Waals surface area contributed by atoms with Crippen molar-refractivity contribution < 1.29 is 9.90 Å². The van der Waals surface area contributed by atoms with Crippen molar-refractivity contribution in [1.82, 2.24) is 10.4 Å². The maximum absolute atomic E-state index is 11.9. The fraction of sp³-hybridized carbons (Fsp3) is 0.235. The molecule has 0 aliphatic carbocycles. The molecule has 126 valence electrons. The monoisotopic (exact) mass is 390 g/mol. The normalized spacial score (nSPS) is 10.8. The summed E-state index contributed by atoms with van der Waals surface area (Å²) in [5.74, 6) is -0.263. The number of halogens is 1. The molecule has 24 heavy (non-hydrogen) atoms. The number of amides is 1. The van der Waals surface area contributed by atoms with Crippen molar-refractivity contribution in [2.24, 2.45) is 5.10 Å². The number of carbonyl (C=O) groups excluding carboxylic acids is 1. The summed E-state index contributed by atoms with van der Waals surface area (Å²) >= 11 is 3.26. The molecule has 0 saturated heterocycles. The number of carbonyl (C=O) groups is 1. The van der Waals surface area contributed by atoms with Crippen LogP contribution in [-0.2, 0) is 0 Å². The van der Waals surface area contributed by atoms with E-state index in [1.807, 2.05) is 6.07 Å². The Morgan fingerprint density at radius 1 is 1.33 bits per heavy atom. The average Bonchev–Trinajstić information content (AvgIpc) is 2.57. The number of hydrogen-bond donors (Lipinski definition) is 2. The van der Waals surface area contributed by atoms with Crippen LogP contribution in [0.15, 0.2) is 46.2 Å². The third-order valence-corrected chi connectivity index (χ3v) is 3.91. The van der Waals surface area contributed by atoms with Gasteiger partial charge in [-0.3, -0.25) is 9.78 Å². The number of nitrogens with one attached hydrogen (secondary N) is 1. The van der Waals surface area contributed by atoms with Crippen LogP contribution in [0.1, 0.15) is 29.8 Å². The Bertz CT molecular complexity index is 745. The van der Waals surface area contributed by atoms with E-state index in [2.05, 4.69) is 50.2 Å². The Labute approximate surface area is 149 Å². The highest BCUT2D eigenvalue weighted by Gasteiger charge is 2.07. The Kier molecular flexibility index (Phi) is 6.31. The van der Waals surface area contributed by atoms with Crippen LogP contribution in [0.4, 0.5) is 5.69 Å². The SMILES string of the molecule is CCN(CC)c1ccc(/C=N\NC(=O)c2cncc(Br)c2)c(O)c1. The molecule has 1 heterocycles. The summed E-state index contributed by atoms with van der Waals surface area (Å²) in [6.45, 7) is 5.84. The predicted molar refractivity (Wildman–Crippen MR) is 98.7 cm³/mol. The van der Waals surface area contributed by atoms with E-state index in [0.717, 1.165) is 18.8 Å². The Morgan fingerprint density at radius 2 is 2.08 bits per heavy atom. The number of aromatic nitrogens is 1. The Balaban J connectivity index is 2.05. The van der Waals surface area contributed by atoms with E-state index in [1.165, 1.54) is 12.4 Å². The maximum Gasteiger partial charge on any atom is 0.272 e. The van der Waals surface area contributed by atoms with E-state index in [4.69, 9.17) is 0 Å². The van der Waals surface area contributed by atoms with Crippen LogP contribution in [0.5, 0.6) is 5.75 Å². The second kappa shape index (κ2) is 8.44. The zero-order valence-electron chi connectivity index (χ0n) is 13.5. The molecule has 0 atom stereocenters. The molecule has 7 heteroatoms. The first-order valence-corrected chi connectivity index (χ1v) is 8.36. The molecular formula is C17H19BrN4O2. The molecule has 0 spiro atoms. The summed E-state index contributed by atoms with van der Waals surface area (Å²) in [7, 11) is 0. The van der Waals surface area contributed by atoms with Crippen LogP contribution in [-0.4, -0.2) is 35.3 Å². The van der Waals surface area contributed by atoms with Crippen molar-refractivity contribution in [3.8, 4) is 5.75 Å². The molecule has 0 unspecified atom stereocenters. The fourth-order valence-electron chi connectivity index (χ4n) is 2.19. The lowest BCUT2D eigenvalue weighted by Gasteiger charge is -2.21. The van der Waals surface area contributed by atoms with Gasteiger partial charge in [0, 0.05) is 47.3 Å². The van der Waals surface area contributed by atoms with Gasteiger partial charge in [0.15, 0.2) is 0 Å². The molecule has 2 rings (SSSR count). The van der Waals surface area contributed by atoms with Crippen LogP contribution in [0.2, 0.25) is 0 Å². The van der Waals surface area contributed by atoms with Gasteiger partial charge in [-0.2, -0.15) is 5.10 Å². The van der Waals surface area contributed by atoms with Gasteiger partial charge in [-0.25, -0.2) is 5.43 Å². The van der Waals surface area contributed by atoms with Crippen molar-refractivity contribution in [1.29, 1.82) is 0 Å². The molecule has 1 amide bonds. The fourth-order valence-corrected chi connectivity index (χ4v) is 2.55. The predicted octanol–water partition coefficient (Wildman–Crippen LogP) is 3.16. The number of nitrogens with zero attached hydrogens (tertiary/aromatic N) is 3. The first-order valence-electron chi connectivity index (χ1n) is 7.57. The highest BCUT2D eigenvalue weighted by Crippen LogP contribution is 2.23. The summed E-state index contributed by atoms with van der Waals surface area (Å²) in [6.07, 6.45) is 4.45. The topological polar surface area (TPSA) is 77.8 Å². The first-order chi connectivity index (χ1) is 11.5. The van der Waals surface area contributed by atoms with Gasteiger partial charge in [0.25, 0.3) is 5.91 Å². The Hall–Kier alpha value is -2.41. The lowest BCUT2D eigenvalue weighted by atomic mass is 10.2. The van der Waals surface area contributed by atoms with Crippen LogP contribution in [0.25, 0.3) is 0 Å². The molecule has 0 bridgehead atoms. The van der Waals surface area contributed by atoms with Gasteiger partial charge < -0.3 is 10.0 Å². The van der Waals surface area contributed by atoms with Gasteiger partial charge in [-0.15, -0.1) is 0 Å². The minimum absolute atomic E-state index is 0.113. The van der Waals surface area contributed by atoms with Gasteiger partial charge in [0.1, 0.15) is 5.75 Å². The van der Waals surface area contributed by atoms with Gasteiger partial charge in [0.2, 0.25) is 0 Å². The van der Waals surface area contributed by atoms with Gasteiger partial charge in [-0.1, -0.05) is 0 Å². The highest BCUT2D eigenvalue weighted by atomic mass is 79.9. The summed E-state index contributed by atoms with van der Waals surface area (Å²) in [4.78, 5) is 18.0. The molecule has 0 aliphatic heterocycles. The quantitative estimate of drug-likeness (QED) is 0.586. The summed E-state index contributed by atoms with van der Waals surface area (Å²) in [5, 5.41) is 14.0. The maximum atomic E-state index is 11.9. The molecule has 2 aromatic rings. The summed E-state index contributed by atoms with van der Waals surface area (Å²) in [6, 6.07) is 7.01. The second-order valence-electron chi connectivity index (χ2n) is 5.01. The van der Waals surface area contributed by atoms with Crippen molar-refractivity contribution in [3.63, 3.8) is 0 Å². The third-order valence-electron chi connectivity index (χ3n) is 3.48. The van der Waals surface area contributed by atoms with Crippen LogP contribution < -0.4 is 10.3 Å². The minimum Gasteiger partial charge on any atom is -0.507 e. The molecule has 0 radical (unpaired) electrons. The van der Waals surface area contributed by atoms with Crippen LogP contribution in [0, 0.1) is 0 Å². The molecule has 1 aromatic carbocycles. The van der Waals surface area contributed by atoms with Crippen LogP contribution >= 0.6 is 15.9 Å². The molecule has 2 N–H and O–H groups in total. The molecule has 6 nitrogen and oxygen atoms in total. The second-order valence-corrected chi connectivity index (χ2v) is 5.92. The van der Waals surface area contributed by atoms with E-state index < -0.39 is 0 Å². The number of benzene rings is 1. The van der Waals surface area contributed by atoms with Crippen molar-refractivity contribution in [3.05, 3.63) is 52.3 Å². The Morgan fingerprint density at radius 3 is 2.71 bits per heavy atom. The smallest absolute Gasteiger partial charge is 0.272 e. The van der Waals surface area contributed by atoms with Gasteiger partial charge >= 0.3 is 0 Å². The minimum atomic E-state index is -0.376. The number of rotatable bonds is 6. The van der Waals surface area contributed by atoms with Crippen molar-refractivity contribution >= 4 is 33.7 Å². The standard InChI is InChI=1S/C17H19BrN4O2/c1-3-22(4-2)15-6-5-12(16(23)8-15)10-20-21-17(24)13-7-14(18)11-19-9-13/h5-11,23H,3-4H2,1-2H3,(H,21,24)/b20-10-. The lowest BCUT2D eigenvalue weighted by Crippen LogP contribution is -2.21. The largest absolute Gasteiger partial charge is 0.507 e. The molecule has 0 saturated carbocycles. The van der Waals surface area contributed by atoms with Crippen molar-refractivity contribution in [2.75, 3.05) is 18.0 Å². The third kappa shape index (κ3) is 4.55. The number of hydrazone groups is 1. The highest BCUT2D eigenvalue weighted by molar-refractivity contribution is 9.10. The van der Waals surface area contributed by atoms with Gasteiger partial charge in [-0.05, 0) is 48.0 Å². The zero-order valence-corrected chi connectivity index (χ0v) is 15.1. The molecule has 0 aliphatic rings. The van der Waals surface area contributed by atoms with E-state index in [0.29, 0.717) is 15.6 Å². The number of hydrogen-bond acceptors (Lipinski definition) is 5. The van der Waals surface area contributed by atoms with E-state index >= 15 is 0 Å². The van der Waals surface area contributed by atoms with E-state index in [-0.39, 0.29) is 11.7 Å². The number of pyridine rings is 1. The number of anilines is 1. The number of phenols is 1. The summed E-state index contributed by atoms with van der Waals surface area (Å²) < 4.78 is 0.712. The van der Waals surface area contributed by atoms with Crippen LogP contribution in [0.3, 0.4) is 0 Å². The molecule has 0 fully saturated rings. The number of phenolic OH excluding ortho intramolecular Hbond substituents is 1. The van der Waals surface area contributed by atoms with E-state index in [1.54, 1.807) is 24.4 Å². The van der Waals surface area contributed by atoms with Gasteiger partial charge in [0.05, 0.1) is 11.8 Å². The van der Waals surface area contributed by atoms with Crippen molar-refractivity contribution in [2.45, 2.75) is 13.8 Å². The zero-order chi connectivity index (χ0) is 17.5.